The zero-order valence-electron chi connectivity index (χ0n) is 11.6. The van der Waals surface area contributed by atoms with Crippen LogP contribution in [0.2, 0.25) is 0 Å². The van der Waals surface area contributed by atoms with E-state index in [9.17, 15) is 0 Å². The molecule has 1 atom stereocenters. The van der Waals surface area contributed by atoms with Gasteiger partial charge in [-0.15, -0.1) is 0 Å². The SMILES string of the molecule is C(#C[C@@H]1CCCN1)c1cncc(OC2CCOCC2)c1. The maximum atomic E-state index is 5.94. The molecule has 1 aromatic rings. The fourth-order valence-corrected chi connectivity index (χ4v) is 2.52. The Bertz CT molecular complexity index is 495. The van der Waals surface area contributed by atoms with E-state index in [1.165, 1.54) is 6.42 Å². The highest BCUT2D eigenvalue weighted by Gasteiger charge is 2.15. The van der Waals surface area contributed by atoms with Gasteiger partial charge in [-0.05, 0) is 25.5 Å². The average Bonchev–Trinajstić information content (AvgIpc) is 3.00. The van der Waals surface area contributed by atoms with Crippen molar-refractivity contribution in [2.24, 2.45) is 0 Å². The van der Waals surface area contributed by atoms with Crippen LogP contribution in [-0.2, 0) is 4.74 Å². The summed E-state index contributed by atoms with van der Waals surface area (Å²) in [5.41, 5.74) is 0.920. The van der Waals surface area contributed by atoms with E-state index in [-0.39, 0.29) is 6.10 Å². The first-order chi connectivity index (χ1) is 9.90. The van der Waals surface area contributed by atoms with Gasteiger partial charge >= 0.3 is 0 Å². The van der Waals surface area contributed by atoms with Crippen LogP contribution in [0.25, 0.3) is 0 Å². The van der Waals surface area contributed by atoms with Crippen molar-refractivity contribution in [2.45, 2.75) is 37.8 Å². The summed E-state index contributed by atoms with van der Waals surface area (Å²) in [5, 5.41) is 3.37. The second-order valence-electron chi connectivity index (χ2n) is 5.26. The van der Waals surface area contributed by atoms with Gasteiger partial charge in [0.25, 0.3) is 0 Å². The van der Waals surface area contributed by atoms with E-state index in [0.29, 0.717) is 6.04 Å². The molecule has 0 unspecified atom stereocenters. The number of nitrogens with one attached hydrogen (secondary N) is 1. The molecule has 2 fully saturated rings. The normalized spacial score (nSPS) is 23.1. The van der Waals surface area contributed by atoms with Crippen molar-refractivity contribution in [1.82, 2.24) is 10.3 Å². The smallest absolute Gasteiger partial charge is 0.139 e. The lowest BCUT2D eigenvalue weighted by atomic mass is 10.1. The van der Waals surface area contributed by atoms with Crippen molar-refractivity contribution >= 4 is 0 Å². The first kappa shape index (κ1) is 13.4. The van der Waals surface area contributed by atoms with Crippen molar-refractivity contribution in [3.05, 3.63) is 24.0 Å². The fraction of sp³-hybridized carbons (Fsp3) is 0.562. The largest absolute Gasteiger partial charge is 0.489 e. The standard InChI is InChI=1S/C16H20N2O2/c1-2-14(18-7-1)4-3-13-10-16(12-17-11-13)20-15-5-8-19-9-6-15/h10-12,14-15,18H,1-2,5-9H2/t14-/m0/s1. The van der Waals surface area contributed by atoms with Crippen molar-refractivity contribution in [1.29, 1.82) is 0 Å². The molecule has 106 valence electrons. The van der Waals surface area contributed by atoms with E-state index in [2.05, 4.69) is 22.1 Å². The molecule has 3 rings (SSSR count). The summed E-state index contributed by atoms with van der Waals surface area (Å²) in [6.07, 6.45) is 8.03. The Kier molecular flexibility index (Phi) is 4.52. The lowest BCUT2D eigenvalue weighted by molar-refractivity contribution is 0.0254. The molecule has 0 radical (unpaired) electrons. The molecule has 2 aliphatic rings. The van der Waals surface area contributed by atoms with Gasteiger partial charge in [0.2, 0.25) is 0 Å². The molecule has 0 saturated carbocycles. The van der Waals surface area contributed by atoms with Crippen LogP contribution in [0.5, 0.6) is 5.75 Å². The maximum Gasteiger partial charge on any atom is 0.139 e. The molecule has 0 spiro atoms. The average molecular weight is 272 g/mol. The Hall–Kier alpha value is -1.57. The van der Waals surface area contributed by atoms with Gasteiger partial charge in [0.1, 0.15) is 11.9 Å². The van der Waals surface area contributed by atoms with E-state index in [0.717, 1.165) is 50.3 Å². The van der Waals surface area contributed by atoms with E-state index in [1.54, 1.807) is 12.4 Å². The fourth-order valence-electron chi connectivity index (χ4n) is 2.52. The second kappa shape index (κ2) is 6.74. The Morgan fingerprint density at radius 1 is 1.25 bits per heavy atom. The third-order valence-corrected chi connectivity index (χ3v) is 3.64. The predicted octanol–water partition coefficient (Wildman–Crippen LogP) is 1.74. The number of hydrogen-bond donors (Lipinski definition) is 1. The summed E-state index contributed by atoms with van der Waals surface area (Å²) < 4.78 is 11.3. The van der Waals surface area contributed by atoms with E-state index >= 15 is 0 Å². The molecule has 4 heteroatoms. The molecule has 0 bridgehead atoms. The topological polar surface area (TPSA) is 43.4 Å². The summed E-state index contributed by atoms with van der Waals surface area (Å²) in [6, 6.07) is 2.31. The van der Waals surface area contributed by atoms with E-state index in [4.69, 9.17) is 9.47 Å². The molecule has 0 amide bonds. The molecule has 4 nitrogen and oxygen atoms in total. The predicted molar refractivity (Wildman–Crippen MR) is 76.6 cm³/mol. The minimum absolute atomic E-state index is 0.241. The van der Waals surface area contributed by atoms with Crippen LogP contribution in [0, 0.1) is 11.8 Å². The molecule has 1 N–H and O–H groups in total. The first-order valence-electron chi connectivity index (χ1n) is 7.34. The monoisotopic (exact) mass is 272 g/mol. The second-order valence-corrected chi connectivity index (χ2v) is 5.26. The van der Waals surface area contributed by atoms with E-state index < -0.39 is 0 Å². The minimum Gasteiger partial charge on any atom is -0.489 e. The highest BCUT2D eigenvalue weighted by molar-refractivity contribution is 5.37. The summed E-state index contributed by atoms with van der Waals surface area (Å²) in [5.74, 6) is 7.25. The number of rotatable bonds is 2. The van der Waals surface area contributed by atoms with Crippen LogP contribution < -0.4 is 10.1 Å². The molecular weight excluding hydrogens is 252 g/mol. The van der Waals surface area contributed by atoms with Gasteiger partial charge in [0.05, 0.1) is 25.5 Å². The van der Waals surface area contributed by atoms with Gasteiger partial charge in [0.15, 0.2) is 0 Å². The quantitative estimate of drug-likeness (QED) is 0.833. The Morgan fingerprint density at radius 3 is 2.95 bits per heavy atom. The highest BCUT2D eigenvalue weighted by Crippen LogP contribution is 2.17. The molecular formula is C16H20N2O2. The zero-order chi connectivity index (χ0) is 13.6. The van der Waals surface area contributed by atoms with Crippen LogP contribution in [0.15, 0.2) is 18.5 Å². The van der Waals surface area contributed by atoms with Gasteiger partial charge in [-0.1, -0.05) is 11.8 Å². The van der Waals surface area contributed by atoms with Gasteiger partial charge in [-0.2, -0.15) is 0 Å². The Labute approximate surface area is 119 Å². The van der Waals surface area contributed by atoms with E-state index in [1.807, 2.05) is 6.07 Å². The molecule has 2 aliphatic heterocycles. The van der Waals surface area contributed by atoms with Crippen LogP contribution in [0.3, 0.4) is 0 Å². The van der Waals surface area contributed by atoms with Crippen LogP contribution >= 0.6 is 0 Å². The lowest BCUT2D eigenvalue weighted by Gasteiger charge is -2.23. The lowest BCUT2D eigenvalue weighted by Crippen LogP contribution is -2.25. The molecule has 3 heterocycles. The van der Waals surface area contributed by atoms with Gasteiger partial charge in [-0.3, -0.25) is 4.98 Å². The summed E-state index contributed by atoms with van der Waals surface area (Å²) in [7, 11) is 0. The van der Waals surface area contributed by atoms with Crippen LogP contribution in [-0.4, -0.2) is 36.9 Å². The number of aromatic nitrogens is 1. The van der Waals surface area contributed by atoms with Gasteiger partial charge < -0.3 is 14.8 Å². The minimum atomic E-state index is 0.241. The first-order valence-corrected chi connectivity index (χ1v) is 7.34. The Morgan fingerprint density at radius 2 is 2.15 bits per heavy atom. The molecule has 20 heavy (non-hydrogen) atoms. The van der Waals surface area contributed by atoms with Crippen molar-refractivity contribution in [3.63, 3.8) is 0 Å². The highest BCUT2D eigenvalue weighted by atomic mass is 16.5. The zero-order valence-corrected chi connectivity index (χ0v) is 11.6. The van der Waals surface area contributed by atoms with Crippen molar-refractivity contribution in [2.75, 3.05) is 19.8 Å². The molecule has 1 aromatic heterocycles. The van der Waals surface area contributed by atoms with Crippen LogP contribution in [0.4, 0.5) is 0 Å². The number of hydrogen-bond acceptors (Lipinski definition) is 4. The van der Waals surface area contributed by atoms with Gasteiger partial charge in [0, 0.05) is 24.6 Å². The number of ether oxygens (including phenoxy) is 2. The molecule has 0 aromatic carbocycles. The number of pyridine rings is 1. The maximum absolute atomic E-state index is 5.94. The van der Waals surface area contributed by atoms with Crippen LogP contribution in [0.1, 0.15) is 31.2 Å². The third-order valence-electron chi connectivity index (χ3n) is 3.64. The number of nitrogens with zero attached hydrogens (tertiary/aromatic N) is 1. The third kappa shape index (κ3) is 3.72. The summed E-state index contributed by atoms with van der Waals surface area (Å²) in [6.45, 7) is 2.64. The summed E-state index contributed by atoms with van der Waals surface area (Å²) >= 11 is 0. The van der Waals surface area contributed by atoms with Crippen molar-refractivity contribution in [3.8, 4) is 17.6 Å². The molecule has 0 aliphatic carbocycles. The van der Waals surface area contributed by atoms with Crippen molar-refractivity contribution < 1.29 is 9.47 Å². The van der Waals surface area contributed by atoms with Gasteiger partial charge in [-0.25, -0.2) is 0 Å². The Balaban J connectivity index is 1.62. The molecule has 2 saturated heterocycles. The summed E-state index contributed by atoms with van der Waals surface area (Å²) in [4.78, 5) is 4.22.